The fourth-order valence-electron chi connectivity index (χ4n) is 1.98. The summed E-state index contributed by atoms with van der Waals surface area (Å²) >= 11 is 0. The van der Waals surface area contributed by atoms with Crippen molar-refractivity contribution in [3.63, 3.8) is 0 Å². The summed E-state index contributed by atoms with van der Waals surface area (Å²) in [4.78, 5) is 0. The van der Waals surface area contributed by atoms with Crippen LogP contribution in [0.25, 0.3) is 0 Å². The van der Waals surface area contributed by atoms with Crippen molar-refractivity contribution in [2.45, 2.75) is 51.6 Å². The Kier molecular flexibility index (Phi) is 4.02. The molecule has 3 atom stereocenters. The number of rotatable bonds is 3. The van der Waals surface area contributed by atoms with E-state index in [9.17, 15) is 0 Å². The first kappa shape index (κ1) is 10.0. The summed E-state index contributed by atoms with van der Waals surface area (Å²) in [6.07, 6.45) is 5.36. The molecule has 0 saturated heterocycles. The molecule has 0 spiro atoms. The molecule has 2 heteroatoms. The van der Waals surface area contributed by atoms with E-state index in [4.69, 9.17) is 5.11 Å². The summed E-state index contributed by atoms with van der Waals surface area (Å²) in [6, 6.07) is 0.899. The fourth-order valence-corrected chi connectivity index (χ4v) is 1.98. The van der Waals surface area contributed by atoms with Crippen LogP contribution in [0.1, 0.15) is 39.5 Å². The van der Waals surface area contributed by atoms with Gasteiger partial charge in [0, 0.05) is 12.1 Å². The van der Waals surface area contributed by atoms with Crippen LogP contribution in [0.5, 0.6) is 0 Å². The van der Waals surface area contributed by atoms with Crippen molar-refractivity contribution in [3.8, 4) is 0 Å². The minimum absolute atomic E-state index is 0.253. The molecule has 0 aromatic heterocycles. The highest BCUT2D eigenvalue weighted by Gasteiger charge is 2.21. The van der Waals surface area contributed by atoms with Crippen LogP contribution < -0.4 is 5.32 Å². The molecule has 72 valence electrons. The van der Waals surface area contributed by atoms with Gasteiger partial charge in [0.05, 0.1) is 6.61 Å². The van der Waals surface area contributed by atoms with Crippen molar-refractivity contribution in [3.05, 3.63) is 0 Å². The van der Waals surface area contributed by atoms with Crippen molar-refractivity contribution >= 4 is 0 Å². The second kappa shape index (κ2) is 4.83. The molecule has 2 nitrogen and oxygen atoms in total. The molecule has 0 amide bonds. The van der Waals surface area contributed by atoms with Crippen LogP contribution in [0, 0.1) is 5.92 Å². The van der Waals surface area contributed by atoms with E-state index in [2.05, 4.69) is 12.2 Å². The molecule has 1 rings (SSSR count). The molecule has 0 unspecified atom stereocenters. The highest BCUT2D eigenvalue weighted by Crippen LogP contribution is 2.23. The van der Waals surface area contributed by atoms with E-state index in [0.717, 1.165) is 5.92 Å². The van der Waals surface area contributed by atoms with Crippen molar-refractivity contribution in [2.24, 2.45) is 5.92 Å². The Labute approximate surface area is 75.4 Å². The molecule has 0 aromatic rings. The maximum Gasteiger partial charge on any atom is 0.0582 e. The van der Waals surface area contributed by atoms with Crippen LogP contribution in [0.4, 0.5) is 0 Å². The Balaban J connectivity index is 2.28. The third-order valence-electron chi connectivity index (χ3n) is 2.88. The molecular weight excluding hydrogens is 150 g/mol. The second-order valence-corrected chi connectivity index (χ2v) is 4.12. The van der Waals surface area contributed by atoms with E-state index < -0.39 is 0 Å². The van der Waals surface area contributed by atoms with Crippen LogP contribution in [0.15, 0.2) is 0 Å². The summed E-state index contributed by atoms with van der Waals surface area (Å²) in [6.45, 7) is 4.60. The van der Waals surface area contributed by atoms with E-state index in [1.807, 2.05) is 6.92 Å². The van der Waals surface area contributed by atoms with Gasteiger partial charge in [-0.3, -0.25) is 0 Å². The maximum atomic E-state index is 8.89. The van der Waals surface area contributed by atoms with E-state index in [1.165, 1.54) is 25.7 Å². The zero-order valence-electron chi connectivity index (χ0n) is 8.21. The topological polar surface area (TPSA) is 32.3 Å². The molecule has 0 bridgehead atoms. The van der Waals surface area contributed by atoms with Crippen LogP contribution in [-0.4, -0.2) is 23.8 Å². The highest BCUT2D eigenvalue weighted by molar-refractivity contribution is 4.79. The first-order valence-electron chi connectivity index (χ1n) is 5.11. The van der Waals surface area contributed by atoms with Crippen molar-refractivity contribution < 1.29 is 5.11 Å². The lowest BCUT2D eigenvalue weighted by Crippen LogP contribution is -2.43. The Bertz CT molecular complexity index is 127. The number of nitrogens with one attached hydrogen (secondary N) is 1. The van der Waals surface area contributed by atoms with Gasteiger partial charge in [0.1, 0.15) is 0 Å². The van der Waals surface area contributed by atoms with Gasteiger partial charge in [-0.15, -0.1) is 0 Å². The van der Waals surface area contributed by atoms with Gasteiger partial charge >= 0.3 is 0 Å². The molecule has 0 radical (unpaired) electrons. The molecule has 2 N–H and O–H groups in total. The third-order valence-corrected chi connectivity index (χ3v) is 2.88. The Morgan fingerprint density at radius 3 is 2.67 bits per heavy atom. The third kappa shape index (κ3) is 2.76. The zero-order chi connectivity index (χ0) is 8.97. The van der Waals surface area contributed by atoms with Crippen LogP contribution in [0.3, 0.4) is 0 Å². The lowest BCUT2D eigenvalue weighted by Gasteiger charge is -2.31. The average molecular weight is 171 g/mol. The Morgan fingerprint density at radius 2 is 2.08 bits per heavy atom. The summed E-state index contributed by atoms with van der Waals surface area (Å²) in [5.41, 5.74) is 0. The summed E-state index contributed by atoms with van der Waals surface area (Å²) < 4.78 is 0. The second-order valence-electron chi connectivity index (χ2n) is 4.12. The first-order valence-corrected chi connectivity index (χ1v) is 5.11. The SMILES string of the molecule is C[C@@H](CO)N[C@H]1CCCC[C@@H]1C. The largest absolute Gasteiger partial charge is 0.395 e. The van der Waals surface area contributed by atoms with Gasteiger partial charge in [-0.1, -0.05) is 19.8 Å². The van der Waals surface area contributed by atoms with Crippen molar-refractivity contribution in [2.75, 3.05) is 6.61 Å². The predicted octanol–water partition coefficient (Wildman–Crippen LogP) is 1.54. The quantitative estimate of drug-likeness (QED) is 0.675. The summed E-state index contributed by atoms with van der Waals surface area (Å²) in [7, 11) is 0. The molecule has 1 fully saturated rings. The van der Waals surface area contributed by atoms with Gasteiger partial charge in [-0.2, -0.15) is 0 Å². The highest BCUT2D eigenvalue weighted by atomic mass is 16.3. The number of hydrogen-bond acceptors (Lipinski definition) is 2. The summed E-state index contributed by atoms with van der Waals surface area (Å²) in [5.74, 6) is 0.785. The van der Waals surface area contributed by atoms with E-state index in [-0.39, 0.29) is 12.6 Å². The maximum absolute atomic E-state index is 8.89. The van der Waals surface area contributed by atoms with E-state index in [1.54, 1.807) is 0 Å². The fraction of sp³-hybridized carbons (Fsp3) is 1.00. The van der Waals surface area contributed by atoms with Crippen LogP contribution >= 0.6 is 0 Å². The van der Waals surface area contributed by atoms with Gasteiger partial charge in [0.25, 0.3) is 0 Å². The van der Waals surface area contributed by atoms with Gasteiger partial charge < -0.3 is 10.4 Å². The molecular formula is C10H21NO. The molecule has 1 aliphatic rings. The van der Waals surface area contributed by atoms with E-state index in [0.29, 0.717) is 6.04 Å². The van der Waals surface area contributed by atoms with Crippen molar-refractivity contribution in [1.29, 1.82) is 0 Å². The molecule has 0 aromatic carbocycles. The number of hydrogen-bond donors (Lipinski definition) is 2. The minimum Gasteiger partial charge on any atom is -0.395 e. The standard InChI is InChI=1S/C10H21NO/c1-8-5-3-4-6-10(8)11-9(2)7-12/h8-12H,3-7H2,1-2H3/t8-,9-,10-/m0/s1. The smallest absolute Gasteiger partial charge is 0.0582 e. The molecule has 0 aliphatic heterocycles. The van der Waals surface area contributed by atoms with Crippen LogP contribution in [0.2, 0.25) is 0 Å². The van der Waals surface area contributed by atoms with Gasteiger partial charge in [-0.05, 0) is 25.7 Å². The molecule has 1 aliphatic carbocycles. The predicted molar refractivity (Wildman–Crippen MR) is 51.1 cm³/mol. The van der Waals surface area contributed by atoms with Crippen LogP contribution in [-0.2, 0) is 0 Å². The number of aliphatic hydroxyl groups excluding tert-OH is 1. The lowest BCUT2D eigenvalue weighted by atomic mass is 9.85. The lowest BCUT2D eigenvalue weighted by molar-refractivity contribution is 0.204. The monoisotopic (exact) mass is 171 g/mol. The average Bonchev–Trinajstić information content (AvgIpc) is 2.09. The summed E-state index contributed by atoms with van der Waals surface area (Å²) in [5, 5.41) is 12.4. The molecule has 0 heterocycles. The van der Waals surface area contributed by atoms with Gasteiger partial charge in [-0.25, -0.2) is 0 Å². The normalized spacial score (nSPS) is 33.2. The minimum atomic E-state index is 0.253. The Morgan fingerprint density at radius 1 is 1.42 bits per heavy atom. The zero-order valence-corrected chi connectivity index (χ0v) is 8.21. The molecule has 1 saturated carbocycles. The van der Waals surface area contributed by atoms with E-state index >= 15 is 0 Å². The van der Waals surface area contributed by atoms with Gasteiger partial charge in [0.2, 0.25) is 0 Å². The Hall–Kier alpha value is -0.0800. The first-order chi connectivity index (χ1) is 5.74. The van der Waals surface area contributed by atoms with Gasteiger partial charge in [0.15, 0.2) is 0 Å². The molecule has 12 heavy (non-hydrogen) atoms. The number of aliphatic hydroxyl groups is 1. The van der Waals surface area contributed by atoms with Crippen molar-refractivity contribution in [1.82, 2.24) is 5.32 Å².